The molecule has 222 valence electrons. The number of nitrogens with zero attached hydrogens (tertiary/aromatic N) is 2. The number of ketones is 1. The van der Waals surface area contributed by atoms with Gasteiger partial charge in [0.2, 0.25) is 0 Å². The second-order valence-corrected chi connectivity index (χ2v) is 12.0. The van der Waals surface area contributed by atoms with Crippen LogP contribution in [-0.4, -0.2) is 43.2 Å². The minimum absolute atomic E-state index is 0.141. The molecule has 1 N–H and O–H groups in total. The van der Waals surface area contributed by atoms with Gasteiger partial charge < -0.3 is 14.9 Å². The Morgan fingerprint density at radius 3 is 1.55 bits per heavy atom. The summed E-state index contributed by atoms with van der Waals surface area (Å²) in [6.45, 7) is 7.78. The van der Waals surface area contributed by atoms with Gasteiger partial charge in [-0.1, -0.05) is 102 Å². The first kappa shape index (κ1) is 32.2. The molecule has 2 aliphatic rings. The van der Waals surface area contributed by atoms with Crippen LogP contribution < -0.4 is 9.80 Å². The van der Waals surface area contributed by atoms with Crippen LogP contribution >= 0.6 is 0 Å². The van der Waals surface area contributed by atoms with E-state index >= 15 is 0 Å². The van der Waals surface area contributed by atoms with Gasteiger partial charge in [0.05, 0.1) is 12.6 Å². The first-order chi connectivity index (χ1) is 19.6. The Bertz CT molecular complexity index is 940. The van der Waals surface area contributed by atoms with Crippen molar-refractivity contribution < 1.29 is 9.90 Å². The normalized spacial score (nSPS) is 16.9. The first-order valence-electron chi connectivity index (χ1n) is 16.5. The number of β-amino-alcohol motifs (C(OH)–C–C–N with tert-alkyl or cyclic N) is 1. The highest BCUT2D eigenvalue weighted by molar-refractivity contribution is 5.87. The zero-order valence-electron chi connectivity index (χ0n) is 25.6. The molecule has 0 aromatic heterocycles. The van der Waals surface area contributed by atoms with E-state index in [4.69, 9.17) is 0 Å². The second kappa shape index (κ2) is 18.9. The molecule has 0 bridgehead atoms. The maximum Gasteiger partial charge on any atom is 0.153 e. The zero-order valence-corrected chi connectivity index (χ0v) is 25.6. The molecule has 2 heterocycles. The molecule has 2 fully saturated rings. The third-order valence-electron chi connectivity index (χ3n) is 8.43. The van der Waals surface area contributed by atoms with Crippen LogP contribution in [0.4, 0.5) is 11.4 Å². The molecule has 1 atom stereocenters. The lowest BCUT2D eigenvalue weighted by Crippen LogP contribution is -2.20. The maximum absolute atomic E-state index is 11.3. The molecule has 40 heavy (non-hydrogen) atoms. The summed E-state index contributed by atoms with van der Waals surface area (Å²) in [7, 11) is 0. The number of hydrogen-bond donors (Lipinski definition) is 1. The number of anilines is 2. The molecule has 2 aliphatic heterocycles. The Morgan fingerprint density at radius 2 is 1.12 bits per heavy atom. The Labute approximate surface area is 245 Å². The number of carbonyl (C=O) groups is 1. The minimum atomic E-state index is -0.141. The number of benzene rings is 2. The van der Waals surface area contributed by atoms with E-state index in [1.807, 2.05) is 0 Å². The first-order valence-corrected chi connectivity index (χ1v) is 16.5. The third-order valence-corrected chi connectivity index (χ3v) is 8.43. The Kier molecular flexibility index (Phi) is 15.2. The summed E-state index contributed by atoms with van der Waals surface area (Å²) in [5.74, 6) is 0.362. The van der Waals surface area contributed by atoms with Crippen molar-refractivity contribution in [1.29, 1.82) is 0 Å². The molecule has 2 aromatic rings. The Balaban J connectivity index is 0.000000220. The molecule has 0 spiro atoms. The fraction of sp³-hybridized carbons (Fsp3) is 0.639. The van der Waals surface area contributed by atoms with Crippen molar-refractivity contribution in [2.75, 3.05) is 36.0 Å². The molecular weight excluding hydrogens is 492 g/mol. The van der Waals surface area contributed by atoms with E-state index in [0.29, 0.717) is 18.7 Å². The number of carbonyl (C=O) groups excluding carboxylic acids is 1. The van der Waals surface area contributed by atoms with E-state index in [1.165, 1.54) is 112 Å². The smallest absolute Gasteiger partial charge is 0.153 e. The van der Waals surface area contributed by atoms with Crippen LogP contribution in [0.2, 0.25) is 0 Å². The van der Waals surface area contributed by atoms with Crippen molar-refractivity contribution >= 4 is 17.2 Å². The number of aliphatic hydroxyl groups is 1. The summed E-state index contributed by atoms with van der Waals surface area (Å²) in [4.78, 5) is 15.8. The lowest BCUT2D eigenvalue weighted by Gasteiger charge is -2.18. The molecule has 4 nitrogen and oxygen atoms in total. The highest BCUT2D eigenvalue weighted by Crippen LogP contribution is 2.22. The summed E-state index contributed by atoms with van der Waals surface area (Å²) in [5, 5.41) is 9.58. The van der Waals surface area contributed by atoms with E-state index in [-0.39, 0.29) is 6.10 Å². The molecule has 0 aliphatic carbocycles. The lowest BCUT2D eigenvalue weighted by molar-refractivity contribution is -0.116. The fourth-order valence-corrected chi connectivity index (χ4v) is 5.79. The number of Topliss-reactive ketones (excluding diaryl/α,β-unsaturated/α-hetero) is 1. The molecule has 0 amide bonds. The van der Waals surface area contributed by atoms with Crippen LogP contribution in [0.5, 0.6) is 0 Å². The lowest BCUT2D eigenvalue weighted by atomic mass is 10.0. The van der Waals surface area contributed by atoms with Crippen molar-refractivity contribution in [3.05, 3.63) is 59.7 Å². The number of aryl methyl sites for hydroxylation is 2. The molecule has 2 saturated heterocycles. The summed E-state index contributed by atoms with van der Waals surface area (Å²) >= 11 is 0. The molecule has 1 unspecified atom stereocenters. The molecular formula is C36H56N2O2. The number of rotatable bonds is 16. The summed E-state index contributed by atoms with van der Waals surface area (Å²) in [6, 6.07) is 17.7. The highest BCUT2D eigenvalue weighted by Gasteiger charge is 2.20. The van der Waals surface area contributed by atoms with Crippen LogP contribution in [0.1, 0.15) is 115 Å². The van der Waals surface area contributed by atoms with Crippen LogP contribution in [0.3, 0.4) is 0 Å². The molecule has 4 rings (SSSR count). The van der Waals surface area contributed by atoms with Crippen molar-refractivity contribution in [3.8, 4) is 0 Å². The average Bonchev–Trinajstić information content (AvgIpc) is 3.62. The van der Waals surface area contributed by atoms with Crippen LogP contribution in [0.25, 0.3) is 0 Å². The van der Waals surface area contributed by atoms with Crippen LogP contribution in [0.15, 0.2) is 48.5 Å². The summed E-state index contributed by atoms with van der Waals surface area (Å²) in [5.41, 5.74) is 5.33. The van der Waals surface area contributed by atoms with Gasteiger partial charge in [-0.05, 0) is 67.5 Å². The predicted octanol–water partition coefficient (Wildman–Crippen LogP) is 8.53. The van der Waals surface area contributed by atoms with E-state index in [1.54, 1.807) is 0 Å². The van der Waals surface area contributed by atoms with E-state index in [0.717, 1.165) is 26.1 Å². The van der Waals surface area contributed by atoms with E-state index < -0.39 is 0 Å². The summed E-state index contributed by atoms with van der Waals surface area (Å²) < 4.78 is 0. The number of hydrogen-bond acceptors (Lipinski definition) is 4. The fourth-order valence-electron chi connectivity index (χ4n) is 5.79. The molecule has 4 heteroatoms. The quantitative estimate of drug-likeness (QED) is 0.214. The Hall–Kier alpha value is -2.33. The van der Waals surface area contributed by atoms with E-state index in [9.17, 15) is 9.90 Å². The van der Waals surface area contributed by atoms with Crippen LogP contribution in [-0.2, 0) is 17.6 Å². The second-order valence-electron chi connectivity index (χ2n) is 12.0. The van der Waals surface area contributed by atoms with Gasteiger partial charge in [-0.25, -0.2) is 0 Å². The van der Waals surface area contributed by atoms with Gasteiger partial charge in [0.1, 0.15) is 0 Å². The average molecular weight is 549 g/mol. The topological polar surface area (TPSA) is 43.8 Å². The van der Waals surface area contributed by atoms with Crippen molar-refractivity contribution in [3.63, 3.8) is 0 Å². The standard InChI is InChI=1S/C18H29NO.C18H27NO/c2*1-2-3-4-5-6-7-8-16-9-11-17(12-10-16)19-14-13-18(20)15-19/h9-12,18,20H,2-8,13-15H2,1H3;9-12H,2-8,13-15H2,1H3. The van der Waals surface area contributed by atoms with Gasteiger partial charge in [-0.15, -0.1) is 0 Å². The molecule has 0 saturated carbocycles. The Morgan fingerprint density at radius 1 is 0.650 bits per heavy atom. The summed E-state index contributed by atoms with van der Waals surface area (Å²) in [6.07, 6.45) is 20.1. The van der Waals surface area contributed by atoms with Gasteiger partial charge in [0.25, 0.3) is 0 Å². The van der Waals surface area contributed by atoms with Crippen molar-refractivity contribution in [2.45, 2.75) is 123 Å². The highest BCUT2D eigenvalue weighted by atomic mass is 16.3. The molecule has 2 aromatic carbocycles. The SMILES string of the molecule is CCCCCCCCc1ccc(N2CCC(=O)C2)cc1.CCCCCCCCc1ccc(N2CCC(O)C2)cc1. The van der Waals surface area contributed by atoms with Crippen LogP contribution in [0, 0.1) is 0 Å². The minimum Gasteiger partial charge on any atom is -0.391 e. The third kappa shape index (κ3) is 12.0. The zero-order chi connectivity index (χ0) is 28.4. The number of unbranched alkanes of at least 4 members (excludes halogenated alkanes) is 10. The predicted molar refractivity (Wildman–Crippen MR) is 172 cm³/mol. The molecule has 0 radical (unpaired) electrons. The van der Waals surface area contributed by atoms with Gasteiger partial charge in [-0.3, -0.25) is 4.79 Å². The van der Waals surface area contributed by atoms with Gasteiger partial charge >= 0.3 is 0 Å². The van der Waals surface area contributed by atoms with E-state index in [2.05, 4.69) is 72.2 Å². The van der Waals surface area contributed by atoms with Gasteiger partial charge in [0, 0.05) is 37.4 Å². The van der Waals surface area contributed by atoms with Gasteiger partial charge in [0.15, 0.2) is 5.78 Å². The van der Waals surface area contributed by atoms with Crippen molar-refractivity contribution in [1.82, 2.24) is 0 Å². The monoisotopic (exact) mass is 548 g/mol. The van der Waals surface area contributed by atoms with Gasteiger partial charge in [-0.2, -0.15) is 0 Å². The van der Waals surface area contributed by atoms with Crippen molar-refractivity contribution in [2.24, 2.45) is 0 Å². The largest absolute Gasteiger partial charge is 0.391 e. The maximum atomic E-state index is 11.3. The number of aliphatic hydroxyl groups excluding tert-OH is 1.